The number of aromatic nitrogens is 1. The van der Waals surface area contributed by atoms with Crippen LogP contribution in [0.2, 0.25) is 0 Å². The topological polar surface area (TPSA) is 54.7 Å². The molecule has 186 valence electrons. The average Bonchev–Trinajstić information content (AvgIpc) is 3.44. The van der Waals surface area contributed by atoms with Gasteiger partial charge < -0.3 is 19.3 Å². The highest BCUT2D eigenvalue weighted by Crippen LogP contribution is 2.42. The molecule has 1 saturated heterocycles. The van der Waals surface area contributed by atoms with Crippen LogP contribution >= 0.6 is 0 Å². The molecule has 1 atom stereocenters. The number of carbonyl (C=O) groups is 1. The molecule has 2 aromatic carbocycles. The number of benzene rings is 2. The second kappa shape index (κ2) is 10.2. The Kier molecular flexibility index (Phi) is 7.21. The molecule has 1 amide bonds. The average molecular weight is 487 g/mol. The van der Waals surface area contributed by atoms with Gasteiger partial charge in [-0.25, -0.2) is 0 Å². The van der Waals surface area contributed by atoms with Crippen LogP contribution in [0.4, 0.5) is 13.2 Å². The van der Waals surface area contributed by atoms with E-state index < -0.39 is 17.8 Å². The minimum atomic E-state index is -4.67. The number of halogens is 3. The van der Waals surface area contributed by atoms with Gasteiger partial charge >= 0.3 is 6.18 Å². The Morgan fingerprint density at radius 2 is 1.83 bits per heavy atom. The molecule has 0 radical (unpaired) electrons. The van der Waals surface area contributed by atoms with Crippen LogP contribution in [-0.4, -0.2) is 46.8 Å². The Hall–Kier alpha value is -3.26. The van der Waals surface area contributed by atoms with Crippen molar-refractivity contribution in [3.8, 4) is 16.9 Å². The van der Waals surface area contributed by atoms with Gasteiger partial charge in [-0.2, -0.15) is 13.2 Å². The molecule has 1 fully saturated rings. The van der Waals surface area contributed by atoms with E-state index in [2.05, 4.69) is 0 Å². The Morgan fingerprint density at radius 3 is 2.43 bits per heavy atom. The second-order valence-corrected chi connectivity index (χ2v) is 8.96. The summed E-state index contributed by atoms with van der Waals surface area (Å²) in [5.74, 6) is -0.492. The Labute approximate surface area is 202 Å². The summed E-state index contributed by atoms with van der Waals surface area (Å²) in [6, 6.07) is 14.7. The molecule has 0 bridgehead atoms. The molecule has 0 aliphatic carbocycles. The summed E-state index contributed by atoms with van der Waals surface area (Å²) in [6.45, 7) is 2.36. The fourth-order valence-corrected chi connectivity index (χ4v) is 4.73. The van der Waals surface area contributed by atoms with Crippen LogP contribution in [0.5, 0.6) is 5.75 Å². The molecular weight excluding hydrogens is 457 g/mol. The van der Waals surface area contributed by atoms with Gasteiger partial charge in [-0.05, 0) is 55.0 Å². The Bertz CT molecular complexity index is 1170. The predicted octanol–water partition coefficient (Wildman–Crippen LogP) is 5.88. The second-order valence-electron chi connectivity index (χ2n) is 8.96. The molecular formula is C27H29F3N2O3. The molecule has 1 unspecified atom stereocenters. The van der Waals surface area contributed by atoms with Crippen molar-refractivity contribution >= 4 is 5.91 Å². The number of nitrogens with zero attached hydrogens (tertiary/aromatic N) is 2. The van der Waals surface area contributed by atoms with Gasteiger partial charge in [0.05, 0.1) is 6.10 Å². The molecule has 4 rings (SSSR count). The molecule has 5 nitrogen and oxygen atoms in total. The molecule has 35 heavy (non-hydrogen) atoms. The van der Waals surface area contributed by atoms with Crippen LogP contribution in [0.3, 0.4) is 0 Å². The monoisotopic (exact) mass is 486 g/mol. The number of carbonyl (C=O) groups excluding carboxylic acids is 1. The van der Waals surface area contributed by atoms with E-state index >= 15 is 0 Å². The molecule has 1 aliphatic heterocycles. The minimum absolute atomic E-state index is 0.00674. The van der Waals surface area contributed by atoms with Crippen LogP contribution in [0.25, 0.3) is 11.1 Å². The maximum atomic E-state index is 14.4. The lowest BCUT2D eigenvalue weighted by atomic mass is 10.00. The van der Waals surface area contributed by atoms with Crippen molar-refractivity contribution in [2.75, 3.05) is 20.2 Å². The maximum Gasteiger partial charge on any atom is 0.431 e. The lowest BCUT2D eigenvalue weighted by Crippen LogP contribution is -2.32. The summed E-state index contributed by atoms with van der Waals surface area (Å²) in [5.41, 5.74) is 0.437. The van der Waals surface area contributed by atoms with Gasteiger partial charge in [-0.1, -0.05) is 42.5 Å². The summed E-state index contributed by atoms with van der Waals surface area (Å²) in [7, 11) is 1.61. The summed E-state index contributed by atoms with van der Waals surface area (Å²) in [4.78, 5) is 15.2. The largest absolute Gasteiger partial charge is 0.508 e. The highest BCUT2D eigenvalue weighted by Gasteiger charge is 2.41. The lowest BCUT2D eigenvalue weighted by Gasteiger charge is -2.22. The van der Waals surface area contributed by atoms with E-state index in [0.717, 1.165) is 17.4 Å². The van der Waals surface area contributed by atoms with E-state index in [0.29, 0.717) is 30.7 Å². The summed E-state index contributed by atoms with van der Waals surface area (Å²) in [6.07, 6.45) is -2.09. The van der Waals surface area contributed by atoms with Gasteiger partial charge in [0.25, 0.3) is 5.91 Å². The number of hydrogen-bond acceptors (Lipinski definition) is 3. The molecule has 8 heteroatoms. The lowest BCUT2D eigenvalue weighted by molar-refractivity contribution is -0.143. The van der Waals surface area contributed by atoms with E-state index in [9.17, 15) is 23.1 Å². The van der Waals surface area contributed by atoms with Gasteiger partial charge in [-0.3, -0.25) is 4.79 Å². The third-order valence-electron chi connectivity index (χ3n) is 6.47. The smallest absolute Gasteiger partial charge is 0.431 e. The highest BCUT2D eigenvalue weighted by atomic mass is 19.4. The van der Waals surface area contributed by atoms with Crippen LogP contribution in [0.15, 0.2) is 54.6 Å². The van der Waals surface area contributed by atoms with Crippen molar-refractivity contribution < 1.29 is 27.8 Å². The molecule has 3 aromatic rings. The Morgan fingerprint density at radius 1 is 1.14 bits per heavy atom. The van der Waals surface area contributed by atoms with Crippen molar-refractivity contribution in [1.29, 1.82) is 0 Å². The van der Waals surface area contributed by atoms with Gasteiger partial charge in [0, 0.05) is 32.3 Å². The number of ether oxygens (including phenoxy) is 1. The number of phenols is 1. The molecule has 1 aliphatic rings. The number of amides is 1. The molecule has 1 aromatic heterocycles. The van der Waals surface area contributed by atoms with Crippen molar-refractivity contribution in [3.63, 3.8) is 0 Å². The summed E-state index contributed by atoms with van der Waals surface area (Å²) in [5, 5.41) is 9.73. The van der Waals surface area contributed by atoms with Crippen molar-refractivity contribution in [1.82, 2.24) is 9.47 Å². The summed E-state index contributed by atoms with van der Waals surface area (Å²) >= 11 is 0. The zero-order chi connectivity index (χ0) is 25.2. The summed E-state index contributed by atoms with van der Waals surface area (Å²) < 4.78 is 49.9. The first-order valence-corrected chi connectivity index (χ1v) is 11.7. The molecule has 0 saturated carbocycles. The van der Waals surface area contributed by atoms with Crippen LogP contribution in [0.1, 0.15) is 46.6 Å². The Balaban J connectivity index is 1.84. The first-order valence-electron chi connectivity index (χ1n) is 11.7. The van der Waals surface area contributed by atoms with Gasteiger partial charge in [0.2, 0.25) is 0 Å². The predicted molar refractivity (Wildman–Crippen MR) is 127 cm³/mol. The first kappa shape index (κ1) is 24.9. The number of rotatable bonds is 7. The fraction of sp³-hybridized carbons (Fsp3) is 0.370. The van der Waals surface area contributed by atoms with E-state index in [1.54, 1.807) is 37.4 Å². The normalized spacial score (nSPS) is 16.0. The molecule has 2 heterocycles. The van der Waals surface area contributed by atoms with Crippen molar-refractivity contribution in [3.05, 3.63) is 77.1 Å². The van der Waals surface area contributed by atoms with Gasteiger partial charge in [0.15, 0.2) is 0 Å². The fourth-order valence-electron chi connectivity index (χ4n) is 4.73. The third kappa shape index (κ3) is 5.37. The van der Waals surface area contributed by atoms with Crippen molar-refractivity contribution in [2.45, 2.75) is 45.0 Å². The van der Waals surface area contributed by atoms with Crippen LogP contribution in [0, 0.1) is 6.92 Å². The maximum absolute atomic E-state index is 14.4. The number of phenolic OH excluding ortho intramolecular Hbond substituents is 1. The number of alkyl halides is 3. The minimum Gasteiger partial charge on any atom is -0.508 e. The van der Waals surface area contributed by atoms with E-state index in [1.807, 2.05) is 0 Å². The van der Waals surface area contributed by atoms with Crippen LogP contribution < -0.4 is 0 Å². The van der Waals surface area contributed by atoms with E-state index in [1.165, 1.54) is 36.1 Å². The van der Waals surface area contributed by atoms with Crippen molar-refractivity contribution in [2.24, 2.45) is 0 Å². The van der Waals surface area contributed by atoms with Crippen LogP contribution in [-0.2, 0) is 17.5 Å². The van der Waals surface area contributed by atoms with Gasteiger partial charge in [0.1, 0.15) is 17.1 Å². The van der Waals surface area contributed by atoms with E-state index in [-0.39, 0.29) is 35.2 Å². The molecule has 1 N–H and O–H groups in total. The number of hydrogen-bond donors (Lipinski definition) is 1. The quantitative estimate of drug-likeness (QED) is 0.454. The standard InChI is InChI=1S/C27H29F3N2O3/c1-18-23(20-10-12-21(33)13-11-20)24(26(34)31(2)15-14-22-9-6-16-35-22)32(25(18)27(28,29)30)17-19-7-4-3-5-8-19/h3-5,7-8,10-13,22,33H,6,9,14-17H2,1-2H3. The highest BCUT2D eigenvalue weighted by molar-refractivity contribution is 6.01. The zero-order valence-electron chi connectivity index (χ0n) is 19.8. The number of aromatic hydroxyl groups is 1. The van der Waals surface area contributed by atoms with E-state index in [4.69, 9.17) is 4.74 Å². The molecule has 0 spiro atoms. The SMILES string of the molecule is Cc1c(-c2ccc(O)cc2)c(C(=O)N(C)CCC2CCCO2)n(Cc2ccccc2)c1C(F)(F)F. The first-order chi connectivity index (χ1) is 16.7. The zero-order valence-corrected chi connectivity index (χ0v) is 19.8. The van der Waals surface area contributed by atoms with Gasteiger partial charge in [-0.15, -0.1) is 0 Å². The third-order valence-corrected chi connectivity index (χ3v) is 6.47.